The highest BCUT2D eigenvalue weighted by molar-refractivity contribution is 9.10. The molecule has 0 saturated carbocycles. The molecule has 4 aromatic carbocycles. The molecule has 0 saturated heterocycles. The minimum atomic E-state index is -1.40. The van der Waals surface area contributed by atoms with Crippen LogP contribution in [0.3, 0.4) is 0 Å². The van der Waals surface area contributed by atoms with Crippen molar-refractivity contribution in [2.75, 3.05) is 0 Å². The van der Waals surface area contributed by atoms with E-state index in [1.54, 1.807) is 72.8 Å². The Labute approximate surface area is 249 Å². The lowest BCUT2D eigenvalue weighted by Crippen LogP contribution is -2.40. The van der Waals surface area contributed by atoms with Crippen molar-refractivity contribution in [1.29, 1.82) is 0 Å². The van der Waals surface area contributed by atoms with Crippen molar-refractivity contribution >= 4 is 63.3 Å². The maximum atomic E-state index is 13.0. The van der Waals surface area contributed by atoms with Crippen LogP contribution in [0, 0.1) is 0 Å². The molecule has 4 aromatic rings. The molecule has 1 amide bonds. The fourth-order valence-electron chi connectivity index (χ4n) is 3.21. The Bertz CT molecular complexity index is 1460. The Balaban J connectivity index is 1.46. The van der Waals surface area contributed by atoms with Gasteiger partial charge in [0.05, 0.1) is 6.21 Å². The van der Waals surface area contributed by atoms with Crippen LogP contribution in [0.5, 0.6) is 17.2 Å². The molecule has 202 valence electrons. The molecule has 0 spiro atoms. The van der Waals surface area contributed by atoms with Gasteiger partial charge in [0.2, 0.25) is 0 Å². The summed E-state index contributed by atoms with van der Waals surface area (Å²) in [6.45, 7) is 0. The Morgan fingerprint density at radius 2 is 1.43 bits per heavy atom. The first-order valence-electron chi connectivity index (χ1n) is 11.8. The minimum absolute atomic E-state index is 0.246. The highest BCUT2D eigenvalue weighted by Gasteiger charge is 2.23. The summed E-state index contributed by atoms with van der Waals surface area (Å²) in [5, 5.41) is 5.04. The summed E-state index contributed by atoms with van der Waals surface area (Å²) in [5.74, 6) is -0.312. The van der Waals surface area contributed by atoms with Crippen LogP contribution in [0.1, 0.15) is 11.1 Å². The largest absolute Gasteiger partial charge is 0.446 e. The van der Waals surface area contributed by atoms with Crippen LogP contribution in [0.2, 0.25) is 10.0 Å². The van der Waals surface area contributed by atoms with Crippen molar-refractivity contribution in [1.82, 2.24) is 5.43 Å². The number of hydrazone groups is 1. The van der Waals surface area contributed by atoms with E-state index in [4.69, 9.17) is 37.4 Å². The molecule has 0 aliphatic carbocycles. The highest BCUT2D eigenvalue weighted by atomic mass is 79.9. The third-order valence-corrected chi connectivity index (χ3v) is 6.10. The predicted octanol–water partition coefficient (Wildman–Crippen LogP) is 7.31. The number of hydrogen-bond donors (Lipinski definition) is 1. The highest BCUT2D eigenvalue weighted by Crippen LogP contribution is 2.23. The van der Waals surface area contributed by atoms with Gasteiger partial charge in [-0.05, 0) is 78.4 Å². The first-order valence-corrected chi connectivity index (χ1v) is 13.3. The molecule has 10 heteroatoms. The molecule has 0 aliphatic rings. The smallest absolute Gasteiger partial charge is 0.336 e. The number of esters is 1. The second kappa shape index (κ2) is 14.3. The van der Waals surface area contributed by atoms with Crippen LogP contribution in [0.25, 0.3) is 6.08 Å². The summed E-state index contributed by atoms with van der Waals surface area (Å²) in [6.07, 6.45) is 2.92. The van der Waals surface area contributed by atoms with Crippen LogP contribution in [-0.4, -0.2) is 24.4 Å². The van der Waals surface area contributed by atoms with Crippen LogP contribution in [0.4, 0.5) is 0 Å². The van der Waals surface area contributed by atoms with E-state index in [1.807, 2.05) is 30.3 Å². The van der Waals surface area contributed by atoms with E-state index >= 15 is 0 Å². The quantitative estimate of drug-likeness (QED) is 0.0491. The summed E-state index contributed by atoms with van der Waals surface area (Å²) in [7, 11) is 0. The third-order valence-electron chi connectivity index (χ3n) is 5.10. The van der Waals surface area contributed by atoms with Crippen molar-refractivity contribution in [2.24, 2.45) is 5.10 Å². The fraction of sp³-hybridized carbons (Fsp3) is 0.0333. The van der Waals surface area contributed by atoms with E-state index in [2.05, 4.69) is 26.5 Å². The molecule has 0 bridgehead atoms. The number of halogens is 3. The summed E-state index contributed by atoms with van der Waals surface area (Å²) in [4.78, 5) is 25.4. The summed E-state index contributed by atoms with van der Waals surface area (Å²) in [5.41, 5.74) is 3.69. The van der Waals surface area contributed by atoms with Crippen LogP contribution in [0.15, 0.2) is 113 Å². The van der Waals surface area contributed by atoms with Gasteiger partial charge in [0, 0.05) is 26.2 Å². The van der Waals surface area contributed by atoms with E-state index in [0.29, 0.717) is 27.1 Å². The van der Waals surface area contributed by atoms with Gasteiger partial charge >= 0.3 is 18.2 Å². The number of hydrogen-bond acceptors (Lipinski definition) is 6. The van der Waals surface area contributed by atoms with Crippen LogP contribution >= 0.6 is 39.1 Å². The average molecular weight is 640 g/mol. The normalized spacial score (nSPS) is 11.1. The van der Waals surface area contributed by atoms with Crippen molar-refractivity contribution in [3.63, 3.8) is 0 Å². The molecule has 7 nitrogen and oxygen atoms in total. The van der Waals surface area contributed by atoms with E-state index in [1.165, 1.54) is 12.3 Å². The molecule has 0 aliphatic heterocycles. The number of benzene rings is 4. The van der Waals surface area contributed by atoms with Gasteiger partial charge in [0.1, 0.15) is 17.2 Å². The first-order chi connectivity index (χ1) is 19.4. The number of carbonyl (C=O) groups excluding carboxylic acids is 2. The van der Waals surface area contributed by atoms with Gasteiger partial charge < -0.3 is 14.2 Å². The van der Waals surface area contributed by atoms with Gasteiger partial charge in [-0.15, -0.1) is 0 Å². The molecular formula is C30H21BrCl2N2O5. The van der Waals surface area contributed by atoms with Crippen LogP contribution < -0.4 is 19.6 Å². The molecule has 0 heterocycles. The Morgan fingerprint density at radius 1 is 0.825 bits per heavy atom. The Kier molecular flexibility index (Phi) is 10.3. The number of carbonyl (C=O) groups is 2. The SMILES string of the molecule is O=C(/C=C/c1ccccc1)Oc1ccc(Br)cc1/C=N\NC(=O)C(Oc1ccc(Cl)cc1)Oc1ccc(Cl)cc1. The molecule has 40 heavy (non-hydrogen) atoms. The maximum absolute atomic E-state index is 13.0. The number of rotatable bonds is 10. The lowest BCUT2D eigenvalue weighted by molar-refractivity contribution is -0.140. The lowest BCUT2D eigenvalue weighted by atomic mass is 10.2. The summed E-state index contributed by atoms with van der Waals surface area (Å²) < 4.78 is 17.7. The summed E-state index contributed by atoms with van der Waals surface area (Å²) in [6, 6.07) is 27.3. The van der Waals surface area contributed by atoms with E-state index < -0.39 is 18.2 Å². The van der Waals surface area contributed by atoms with Gasteiger partial charge in [-0.3, -0.25) is 4.79 Å². The molecule has 0 atom stereocenters. The monoisotopic (exact) mass is 638 g/mol. The fourth-order valence-corrected chi connectivity index (χ4v) is 3.84. The predicted molar refractivity (Wildman–Crippen MR) is 159 cm³/mol. The molecular weight excluding hydrogens is 619 g/mol. The van der Waals surface area contributed by atoms with Crippen LogP contribution in [-0.2, 0) is 9.59 Å². The van der Waals surface area contributed by atoms with Crippen molar-refractivity contribution in [3.05, 3.63) is 129 Å². The number of amides is 1. The van der Waals surface area contributed by atoms with E-state index in [-0.39, 0.29) is 5.75 Å². The zero-order valence-corrected chi connectivity index (χ0v) is 23.8. The number of ether oxygens (including phenoxy) is 3. The molecule has 1 N–H and O–H groups in total. The standard InChI is InChI=1S/C30H21BrCl2N2O5/c31-22-7-16-27(40-28(36)17-6-20-4-2-1-3-5-20)21(18-22)19-34-35-29(37)30(38-25-12-8-23(32)9-13-25)39-26-14-10-24(33)11-15-26/h1-19,30H,(H,35,37)/b17-6+,34-19-. The van der Waals surface area contributed by atoms with Gasteiger partial charge in [-0.2, -0.15) is 5.10 Å². The van der Waals surface area contributed by atoms with E-state index in [9.17, 15) is 9.59 Å². The molecule has 0 aromatic heterocycles. The topological polar surface area (TPSA) is 86.2 Å². The van der Waals surface area contributed by atoms with Crippen molar-refractivity contribution in [3.8, 4) is 17.2 Å². The number of nitrogens with zero attached hydrogens (tertiary/aromatic N) is 1. The Morgan fingerprint density at radius 3 is 2.02 bits per heavy atom. The minimum Gasteiger partial charge on any atom is -0.446 e. The summed E-state index contributed by atoms with van der Waals surface area (Å²) >= 11 is 15.3. The van der Waals surface area contributed by atoms with Crippen molar-refractivity contribution in [2.45, 2.75) is 6.29 Å². The average Bonchev–Trinajstić information content (AvgIpc) is 2.95. The molecule has 0 fully saturated rings. The zero-order valence-electron chi connectivity index (χ0n) is 20.7. The first kappa shape index (κ1) is 28.9. The molecule has 0 radical (unpaired) electrons. The van der Waals surface area contributed by atoms with Gasteiger partial charge in [0.15, 0.2) is 0 Å². The lowest BCUT2D eigenvalue weighted by Gasteiger charge is -2.19. The second-order valence-corrected chi connectivity index (χ2v) is 9.85. The Hall–Kier alpha value is -4.11. The third kappa shape index (κ3) is 8.98. The van der Waals surface area contributed by atoms with Gasteiger partial charge in [0.25, 0.3) is 0 Å². The maximum Gasteiger partial charge on any atom is 0.336 e. The van der Waals surface area contributed by atoms with Gasteiger partial charge in [-0.1, -0.05) is 69.5 Å². The molecule has 4 rings (SSSR count). The zero-order chi connectivity index (χ0) is 28.3. The number of nitrogens with one attached hydrogen (secondary N) is 1. The molecule has 0 unspecified atom stereocenters. The second-order valence-electron chi connectivity index (χ2n) is 8.06. The van der Waals surface area contributed by atoms with Crippen molar-refractivity contribution < 1.29 is 23.8 Å². The van der Waals surface area contributed by atoms with Gasteiger partial charge in [-0.25, -0.2) is 10.2 Å². The van der Waals surface area contributed by atoms with E-state index in [0.717, 1.165) is 10.0 Å².